The molecule has 11 heteroatoms. The zero-order valence-electron chi connectivity index (χ0n) is 22.4. The van der Waals surface area contributed by atoms with Crippen LogP contribution in [0.3, 0.4) is 0 Å². The van der Waals surface area contributed by atoms with Crippen molar-refractivity contribution in [3.63, 3.8) is 0 Å². The van der Waals surface area contributed by atoms with Gasteiger partial charge >= 0.3 is 6.03 Å². The molecule has 0 unspecified atom stereocenters. The molecule has 0 bridgehead atoms. The van der Waals surface area contributed by atoms with Crippen molar-refractivity contribution in [2.45, 2.75) is 32.2 Å². The van der Waals surface area contributed by atoms with Crippen molar-refractivity contribution < 1.29 is 22.7 Å². The molecule has 0 radical (unpaired) electrons. The molecule has 1 aliphatic heterocycles. The van der Waals surface area contributed by atoms with Gasteiger partial charge in [-0.15, -0.1) is 24.8 Å². The molecular weight excluding hydrogens is 564 g/mol. The molecule has 0 spiro atoms. The van der Waals surface area contributed by atoms with Gasteiger partial charge in [0.25, 0.3) is 0 Å². The van der Waals surface area contributed by atoms with Crippen LogP contribution in [0.25, 0.3) is 0 Å². The molecule has 2 amide bonds. The molecule has 1 aliphatic rings. The number of nitrogens with one attached hydrogen (secondary N) is 3. The Morgan fingerprint density at radius 2 is 1.60 bits per heavy atom. The van der Waals surface area contributed by atoms with Gasteiger partial charge in [0.15, 0.2) is 23.2 Å². The first-order valence-corrected chi connectivity index (χ1v) is 12.8. The lowest BCUT2D eigenvalue weighted by molar-refractivity contribution is 0.204. The maximum absolute atomic E-state index is 13.9. The summed E-state index contributed by atoms with van der Waals surface area (Å²) < 4.78 is 45.8. The van der Waals surface area contributed by atoms with Gasteiger partial charge in [0.2, 0.25) is 0 Å². The van der Waals surface area contributed by atoms with Crippen LogP contribution < -0.4 is 20.7 Å². The van der Waals surface area contributed by atoms with Gasteiger partial charge in [-0.3, -0.25) is 4.90 Å². The highest BCUT2D eigenvalue weighted by molar-refractivity contribution is 5.89. The number of hydrogen-bond acceptors (Lipinski definition) is 4. The summed E-state index contributed by atoms with van der Waals surface area (Å²) in [5.74, 6) is -2.97. The summed E-state index contributed by atoms with van der Waals surface area (Å²) >= 11 is 0. The number of likely N-dealkylation sites (N-methyl/N-ethyl adjacent to an activating group) is 1. The number of urea groups is 1. The van der Waals surface area contributed by atoms with Gasteiger partial charge < -0.3 is 20.7 Å². The van der Waals surface area contributed by atoms with Crippen LogP contribution in [0.15, 0.2) is 54.6 Å². The molecule has 4 rings (SSSR count). The monoisotopic (exact) mass is 598 g/mol. The lowest BCUT2D eigenvalue weighted by Crippen LogP contribution is -2.34. The zero-order valence-corrected chi connectivity index (χ0v) is 24.1. The fraction of sp³-hybridized carbons (Fsp3) is 0.345. The standard InChI is InChI=1S/C29H33F3N4O2.2ClH/c1-19-3-6-22(35-29(37)34-12-11-33-2)15-24(19)21-9-13-36(14-10-21)18-20-4-7-23(8-5-20)38-28-17-26(31)25(30)16-27(28)32;;/h3-8,15-17,21,33H,9-14,18H2,1-2H3,(H2,34,35,37);2*1H. The average Bonchev–Trinajstić information content (AvgIpc) is 2.90. The Morgan fingerprint density at radius 1 is 0.925 bits per heavy atom. The highest BCUT2D eigenvalue weighted by atomic mass is 35.5. The molecule has 40 heavy (non-hydrogen) atoms. The Kier molecular flexibility index (Phi) is 13.1. The van der Waals surface area contributed by atoms with Gasteiger partial charge in [0.1, 0.15) is 5.75 Å². The fourth-order valence-corrected chi connectivity index (χ4v) is 4.67. The number of anilines is 1. The Hall–Kier alpha value is -2.98. The van der Waals surface area contributed by atoms with Crippen molar-refractivity contribution in [1.29, 1.82) is 0 Å². The van der Waals surface area contributed by atoms with Crippen LogP contribution in [0, 0.1) is 24.4 Å². The summed E-state index contributed by atoms with van der Waals surface area (Å²) in [6, 6.07) is 14.2. The zero-order chi connectivity index (χ0) is 27.1. The molecule has 218 valence electrons. The van der Waals surface area contributed by atoms with Crippen molar-refractivity contribution in [2.75, 3.05) is 38.5 Å². The number of aryl methyl sites for hydroxylation is 1. The summed E-state index contributed by atoms with van der Waals surface area (Å²) in [6.45, 7) is 6.01. The van der Waals surface area contributed by atoms with Crippen LogP contribution in [0.2, 0.25) is 0 Å². The summed E-state index contributed by atoms with van der Waals surface area (Å²) in [5.41, 5.74) is 4.36. The van der Waals surface area contributed by atoms with Gasteiger partial charge in [0, 0.05) is 37.5 Å². The summed E-state index contributed by atoms with van der Waals surface area (Å²) in [7, 11) is 1.84. The minimum atomic E-state index is -1.25. The predicted molar refractivity (Wildman–Crippen MR) is 157 cm³/mol. The molecule has 0 atom stereocenters. The fourth-order valence-electron chi connectivity index (χ4n) is 4.67. The molecule has 1 fully saturated rings. The van der Waals surface area contributed by atoms with E-state index in [1.165, 1.54) is 11.1 Å². The summed E-state index contributed by atoms with van der Waals surface area (Å²) in [5, 5.41) is 8.74. The molecule has 3 aromatic rings. The normalized spacial score (nSPS) is 13.6. The summed E-state index contributed by atoms with van der Waals surface area (Å²) in [4.78, 5) is 14.5. The van der Waals surface area contributed by atoms with E-state index in [1.807, 2.05) is 25.2 Å². The second-order valence-corrected chi connectivity index (χ2v) is 9.55. The van der Waals surface area contributed by atoms with E-state index in [0.29, 0.717) is 36.9 Å². The third kappa shape index (κ3) is 9.02. The second kappa shape index (κ2) is 15.7. The van der Waals surface area contributed by atoms with E-state index in [2.05, 4.69) is 39.9 Å². The SMILES string of the molecule is CNCCNC(=O)Nc1ccc(C)c(C2CCN(Cc3ccc(Oc4cc(F)c(F)cc4F)cc3)CC2)c1.Cl.Cl. The number of halogens is 5. The van der Waals surface area contributed by atoms with Gasteiger partial charge in [-0.2, -0.15) is 0 Å². The number of carbonyl (C=O) groups excluding carboxylic acids is 1. The first-order chi connectivity index (χ1) is 18.3. The Bertz CT molecular complexity index is 1260. The first kappa shape index (κ1) is 33.2. The van der Waals surface area contributed by atoms with Crippen LogP contribution in [0.4, 0.5) is 23.7 Å². The van der Waals surface area contributed by atoms with Crippen LogP contribution >= 0.6 is 24.8 Å². The number of piperidine rings is 1. The highest BCUT2D eigenvalue weighted by Gasteiger charge is 2.22. The number of ether oxygens (including phenoxy) is 1. The van der Waals surface area contributed by atoms with E-state index in [9.17, 15) is 18.0 Å². The second-order valence-electron chi connectivity index (χ2n) is 9.55. The number of rotatable bonds is 9. The maximum Gasteiger partial charge on any atom is 0.319 e. The predicted octanol–water partition coefficient (Wildman–Crippen LogP) is 6.77. The van der Waals surface area contributed by atoms with E-state index in [4.69, 9.17) is 4.74 Å². The van der Waals surface area contributed by atoms with Crippen molar-refractivity contribution in [3.05, 3.63) is 88.7 Å². The molecule has 6 nitrogen and oxygen atoms in total. The van der Waals surface area contributed by atoms with E-state index in [-0.39, 0.29) is 36.6 Å². The Labute approximate surface area is 245 Å². The lowest BCUT2D eigenvalue weighted by Gasteiger charge is -2.33. The van der Waals surface area contributed by atoms with E-state index in [1.54, 1.807) is 12.1 Å². The third-order valence-corrected chi connectivity index (χ3v) is 6.76. The molecule has 0 aromatic heterocycles. The van der Waals surface area contributed by atoms with Gasteiger partial charge in [0.05, 0.1) is 0 Å². The number of amides is 2. The number of likely N-dealkylation sites (tertiary alicyclic amines) is 1. The minimum Gasteiger partial charge on any atom is -0.454 e. The molecule has 1 heterocycles. The molecule has 3 N–H and O–H groups in total. The van der Waals surface area contributed by atoms with Crippen LogP contribution in [0.5, 0.6) is 11.5 Å². The lowest BCUT2D eigenvalue weighted by atomic mass is 9.86. The quantitative estimate of drug-likeness (QED) is 0.188. The van der Waals surface area contributed by atoms with Crippen molar-refractivity contribution in [3.8, 4) is 11.5 Å². The molecular formula is C29H35Cl2F3N4O2. The Balaban J connectivity index is 0.00000280. The first-order valence-electron chi connectivity index (χ1n) is 12.8. The van der Waals surface area contributed by atoms with Crippen LogP contribution in [-0.4, -0.2) is 44.2 Å². The number of nitrogens with zero attached hydrogens (tertiary/aromatic N) is 1. The van der Waals surface area contributed by atoms with E-state index >= 15 is 0 Å². The van der Waals surface area contributed by atoms with E-state index in [0.717, 1.165) is 43.7 Å². The molecule has 0 aliphatic carbocycles. The molecule has 1 saturated heterocycles. The largest absolute Gasteiger partial charge is 0.454 e. The van der Waals surface area contributed by atoms with Crippen molar-refractivity contribution in [1.82, 2.24) is 15.5 Å². The number of hydrogen-bond donors (Lipinski definition) is 3. The molecule has 0 saturated carbocycles. The number of carbonyl (C=O) groups is 1. The van der Waals surface area contributed by atoms with Gasteiger partial charge in [-0.1, -0.05) is 18.2 Å². The minimum absolute atomic E-state index is 0. The van der Waals surface area contributed by atoms with Gasteiger partial charge in [-0.05, 0) is 86.8 Å². The van der Waals surface area contributed by atoms with E-state index < -0.39 is 17.5 Å². The average molecular weight is 600 g/mol. The maximum atomic E-state index is 13.9. The number of benzene rings is 3. The highest BCUT2D eigenvalue weighted by Crippen LogP contribution is 2.33. The smallest absolute Gasteiger partial charge is 0.319 e. The third-order valence-electron chi connectivity index (χ3n) is 6.76. The van der Waals surface area contributed by atoms with Gasteiger partial charge in [-0.25, -0.2) is 18.0 Å². The topological polar surface area (TPSA) is 65.6 Å². The van der Waals surface area contributed by atoms with Crippen molar-refractivity contribution in [2.24, 2.45) is 0 Å². The summed E-state index contributed by atoms with van der Waals surface area (Å²) in [6.07, 6.45) is 2.02. The Morgan fingerprint density at radius 3 is 2.27 bits per heavy atom. The molecule has 3 aromatic carbocycles. The van der Waals surface area contributed by atoms with Crippen molar-refractivity contribution >= 4 is 36.5 Å². The van der Waals surface area contributed by atoms with Crippen LogP contribution in [0.1, 0.15) is 35.4 Å². The van der Waals surface area contributed by atoms with Crippen LogP contribution in [-0.2, 0) is 6.54 Å².